The minimum absolute atomic E-state index is 0.183. The van der Waals surface area contributed by atoms with Crippen molar-refractivity contribution in [1.29, 1.82) is 0 Å². The highest BCUT2D eigenvalue weighted by molar-refractivity contribution is 5.94. The number of carbonyl (C=O) groups is 2. The van der Waals surface area contributed by atoms with Gasteiger partial charge < -0.3 is 14.8 Å². The van der Waals surface area contributed by atoms with Gasteiger partial charge in [0, 0.05) is 5.69 Å². The third kappa shape index (κ3) is 4.85. The van der Waals surface area contributed by atoms with E-state index < -0.39 is 5.97 Å². The third-order valence-corrected chi connectivity index (χ3v) is 4.00. The SMILES string of the molecule is CCOC(=O)c1ccccc1OCC(=O)Nc1c(CC)cccc1CC. The molecule has 0 unspecified atom stereocenters. The topological polar surface area (TPSA) is 64.6 Å². The Bertz CT molecular complexity index is 748. The minimum Gasteiger partial charge on any atom is -0.483 e. The van der Waals surface area contributed by atoms with E-state index in [1.807, 2.05) is 18.2 Å². The van der Waals surface area contributed by atoms with Crippen molar-refractivity contribution in [2.75, 3.05) is 18.5 Å². The van der Waals surface area contributed by atoms with Gasteiger partial charge in [0.25, 0.3) is 5.91 Å². The van der Waals surface area contributed by atoms with E-state index in [9.17, 15) is 9.59 Å². The molecule has 0 atom stereocenters. The summed E-state index contributed by atoms with van der Waals surface area (Å²) >= 11 is 0. The van der Waals surface area contributed by atoms with E-state index in [2.05, 4.69) is 19.2 Å². The molecular weight excluding hydrogens is 330 g/mol. The van der Waals surface area contributed by atoms with Gasteiger partial charge in [-0.15, -0.1) is 0 Å². The normalized spacial score (nSPS) is 10.3. The summed E-state index contributed by atoms with van der Waals surface area (Å²) < 4.78 is 10.6. The lowest BCUT2D eigenvalue weighted by Gasteiger charge is -2.15. The van der Waals surface area contributed by atoms with Crippen molar-refractivity contribution in [3.8, 4) is 5.75 Å². The van der Waals surface area contributed by atoms with Crippen molar-refractivity contribution < 1.29 is 19.1 Å². The average Bonchev–Trinajstić information content (AvgIpc) is 2.67. The molecule has 0 saturated carbocycles. The van der Waals surface area contributed by atoms with E-state index in [0.717, 1.165) is 29.7 Å². The molecule has 0 aromatic heterocycles. The van der Waals surface area contributed by atoms with E-state index in [0.29, 0.717) is 11.3 Å². The summed E-state index contributed by atoms with van der Waals surface area (Å²) in [5.74, 6) is -0.395. The van der Waals surface area contributed by atoms with Gasteiger partial charge in [-0.05, 0) is 43.0 Å². The van der Waals surface area contributed by atoms with Crippen LogP contribution in [0.1, 0.15) is 42.3 Å². The molecule has 0 heterocycles. The largest absolute Gasteiger partial charge is 0.483 e. The lowest BCUT2D eigenvalue weighted by Crippen LogP contribution is -2.22. The Labute approximate surface area is 154 Å². The number of para-hydroxylation sites is 2. The van der Waals surface area contributed by atoms with Gasteiger partial charge in [0.1, 0.15) is 11.3 Å². The highest BCUT2D eigenvalue weighted by Crippen LogP contribution is 2.23. The predicted octanol–water partition coefficient (Wildman–Crippen LogP) is 4.01. The molecule has 2 aromatic rings. The number of benzene rings is 2. The number of esters is 1. The van der Waals surface area contributed by atoms with Crippen molar-refractivity contribution in [3.63, 3.8) is 0 Å². The first-order valence-corrected chi connectivity index (χ1v) is 8.90. The van der Waals surface area contributed by atoms with E-state index in [4.69, 9.17) is 9.47 Å². The fourth-order valence-electron chi connectivity index (χ4n) is 2.69. The second-order valence-electron chi connectivity index (χ2n) is 5.71. The number of nitrogens with one attached hydrogen (secondary N) is 1. The molecule has 5 nitrogen and oxygen atoms in total. The lowest BCUT2D eigenvalue weighted by molar-refractivity contribution is -0.118. The molecule has 0 radical (unpaired) electrons. The fraction of sp³-hybridized carbons (Fsp3) is 0.333. The van der Waals surface area contributed by atoms with Crippen molar-refractivity contribution in [2.24, 2.45) is 0 Å². The summed E-state index contributed by atoms with van der Waals surface area (Å²) in [5.41, 5.74) is 3.34. The van der Waals surface area contributed by atoms with Crippen LogP contribution >= 0.6 is 0 Å². The predicted molar refractivity (Wildman–Crippen MR) is 102 cm³/mol. The van der Waals surface area contributed by atoms with Crippen LogP contribution in [0.15, 0.2) is 42.5 Å². The van der Waals surface area contributed by atoms with Gasteiger partial charge in [-0.3, -0.25) is 4.79 Å². The molecule has 138 valence electrons. The van der Waals surface area contributed by atoms with Crippen LogP contribution in [0, 0.1) is 0 Å². The Morgan fingerprint density at radius 3 is 2.19 bits per heavy atom. The first kappa shape index (κ1) is 19.5. The Balaban J connectivity index is 2.08. The molecule has 0 saturated heterocycles. The third-order valence-electron chi connectivity index (χ3n) is 4.00. The summed E-state index contributed by atoms with van der Waals surface area (Å²) in [4.78, 5) is 24.3. The number of aryl methyl sites for hydroxylation is 2. The van der Waals surface area contributed by atoms with Crippen LogP contribution in [0.2, 0.25) is 0 Å². The highest BCUT2D eigenvalue weighted by atomic mass is 16.5. The first-order chi connectivity index (χ1) is 12.6. The van der Waals surface area contributed by atoms with Crippen LogP contribution in [0.4, 0.5) is 5.69 Å². The molecule has 0 spiro atoms. The summed E-state index contributed by atoms with van der Waals surface area (Å²) in [7, 11) is 0. The van der Waals surface area contributed by atoms with Crippen molar-refractivity contribution >= 4 is 17.6 Å². The number of amides is 1. The number of hydrogen-bond donors (Lipinski definition) is 1. The zero-order valence-corrected chi connectivity index (χ0v) is 15.5. The first-order valence-electron chi connectivity index (χ1n) is 8.90. The molecule has 2 rings (SSSR count). The van der Waals surface area contributed by atoms with Crippen LogP contribution < -0.4 is 10.1 Å². The zero-order valence-electron chi connectivity index (χ0n) is 15.5. The summed E-state index contributed by atoms with van der Waals surface area (Å²) in [5, 5.41) is 2.94. The lowest BCUT2D eigenvalue weighted by atomic mass is 10.0. The minimum atomic E-state index is -0.465. The second kappa shape index (κ2) is 9.61. The number of rotatable bonds is 8. The fourth-order valence-corrected chi connectivity index (χ4v) is 2.69. The molecule has 0 bridgehead atoms. The van der Waals surface area contributed by atoms with Crippen molar-refractivity contribution in [1.82, 2.24) is 0 Å². The maximum Gasteiger partial charge on any atom is 0.341 e. The molecule has 1 amide bonds. The van der Waals surface area contributed by atoms with E-state index >= 15 is 0 Å². The molecule has 0 aliphatic rings. The molecule has 1 N–H and O–H groups in total. The second-order valence-corrected chi connectivity index (χ2v) is 5.71. The monoisotopic (exact) mass is 355 g/mol. The van der Waals surface area contributed by atoms with Gasteiger partial charge >= 0.3 is 5.97 Å². The molecule has 5 heteroatoms. The molecule has 0 aliphatic heterocycles. The Morgan fingerprint density at radius 2 is 1.58 bits per heavy atom. The van der Waals surface area contributed by atoms with Crippen LogP contribution in [0.5, 0.6) is 5.75 Å². The number of hydrogen-bond acceptors (Lipinski definition) is 4. The van der Waals surface area contributed by atoms with Gasteiger partial charge in [0.05, 0.1) is 6.61 Å². The van der Waals surface area contributed by atoms with Gasteiger partial charge in [-0.25, -0.2) is 4.79 Å². The van der Waals surface area contributed by atoms with Crippen molar-refractivity contribution in [3.05, 3.63) is 59.2 Å². The Morgan fingerprint density at radius 1 is 0.923 bits per heavy atom. The van der Waals surface area contributed by atoms with E-state index in [1.54, 1.807) is 31.2 Å². The van der Waals surface area contributed by atoms with Gasteiger partial charge in [-0.2, -0.15) is 0 Å². The van der Waals surface area contributed by atoms with Gasteiger partial charge in [0.2, 0.25) is 0 Å². The molecule has 26 heavy (non-hydrogen) atoms. The van der Waals surface area contributed by atoms with E-state index in [1.165, 1.54) is 0 Å². The van der Waals surface area contributed by atoms with E-state index in [-0.39, 0.29) is 19.1 Å². The summed E-state index contributed by atoms with van der Waals surface area (Å²) in [6.45, 7) is 5.94. The highest BCUT2D eigenvalue weighted by Gasteiger charge is 2.15. The molecule has 2 aromatic carbocycles. The maximum absolute atomic E-state index is 12.4. The maximum atomic E-state index is 12.4. The van der Waals surface area contributed by atoms with Crippen molar-refractivity contribution in [2.45, 2.75) is 33.6 Å². The van der Waals surface area contributed by atoms with Crippen LogP contribution in [-0.2, 0) is 22.4 Å². The number of carbonyl (C=O) groups excluding carboxylic acids is 2. The molecular formula is C21H25NO4. The van der Waals surface area contributed by atoms with Gasteiger partial charge in [0.15, 0.2) is 6.61 Å². The summed E-state index contributed by atoms with van der Waals surface area (Å²) in [6.07, 6.45) is 1.66. The Hall–Kier alpha value is -2.82. The van der Waals surface area contributed by atoms with Crippen LogP contribution in [-0.4, -0.2) is 25.1 Å². The van der Waals surface area contributed by atoms with Crippen LogP contribution in [0.3, 0.4) is 0 Å². The van der Waals surface area contributed by atoms with Crippen LogP contribution in [0.25, 0.3) is 0 Å². The smallest absolute Gasteiger partial charge is 0.341 e. The average molecular weight is 355 g/mol. The van der Waals surface area contributed by atoms with Gasteiger partial charge in [-0.1, -0.05) is 44.2 Å². The standard InChI is InChI=1S/C21H25NO4/c1-4-15-10-9-11-16(5-2)20(15)22-19(23)14-26-18-13-8-7-12-17(18)21(24)25-6-3/h7-13H,4-6,14H2,1-3H3,(H,22,23). The molecule has 0 fully saturated rings. The number of anilines is 1. The summed E-state index contributed by atoms with van der Waals surface area (Å²) in [6, 6.07) is 12.8. The zero-order chi connectivity index (χ0) is 18.9. The quantitative estimate of drug-likeness (QED) is 0.727. The number of ether oxygens (including phenoxy) is 2. The molecule has 0 aliphatic carbocycles. The Kier molecular flexibility index (Phi) is 7.21.